The molecule has 1 aliphatic heterocycles. The third kappa shape index (κ3) is 2.70. The lowest BCUT2D eigenvalue weighted by molar-refractivity contribution is 0.0936. The monoisotopic (exact) mass is 328 g/mol. The average molecular weight is 328 g/mol. The van der Waals surface area contributed by atoms with Crippen molar-refractivity contribution in [3.8, 4) is 11.5 Å². The minimum absolute atomic E-state index is 0.165. The van der Waals surface area contributed by atoms with Crippen LogP contribution in [0, 0.1) is 0 Å². The molecule has 1 aromatic heterocycles. The Morgan fingerprint density at radius 3 is 2.92 bits per heavy atom. The lowest BCUT2D eigenvalue weighted by atomic mass is 10.1. The number of fused-ring (bicyclic) bond motifs is 1. The number of hydrogen-bond donors (Lipinski definition) is 1. The number of rotatable bonds is 4. The molecule has 0 unspecified atom stereocenters. The van der Waals surface area contributed by atoms with Crippen LogP contribution in [0.2, 0.25) is 0 Å². The Labute approximate surface area is 140 Å². The highest BCUT2D eigenvalue weighted by atomic mass is 16.7. The van der Waals surface area contributed by atoms with Crippen LogP contribution < -0.4 is 14.8 Å². The number of hydrogen-bond acceptors (Lipinski definition) is 5. The van der Waals surface area contributed by atoms with E-state index in [4.69, 9.17) is 9.47 Å². The maximum atomic E-state index is 12.5. The Bertz CT molecular complexity index is 752. The molecule has 7 heteroatoms. The van der Waals surface area contributed by atoms with E-state index in [2.05, 4.69) is 20.1 Å². The fourth-order valence-electron chi connectivity index (χ4n) is 3.41. The number of ether oxygens (including phenoxy) is 2. The SMILES string of the molecule is C[C@H](NC(=O)c1ccc2c(c1)OCO2)c1nncn1C1CCCC1. The van der Waals surface area contributed by atoms with Gasteiger partial charge >= 0.3 is 0 Å². The zero-order valence-electron chi connectivity index (χ0n) is 13.6. The summed E-state index contributed by atoms with van der Waals surface area (Å²) in [7, 11) is 0. The highest BCUT2D eigenvalue weighted by molar-refractivity contribution is 5.95. The van der Waals surface area contributed by atoms with E-state index in [0.29, 0.717) is 23.1 Å². The molecule has 1 aliphatic carbocycles. The van der Waals surface area contributed by atoms with Crippen molar-refractivity contribution in [3.05, 3.63) is 35.9 Å². The quantitative estimate of drug-likeness (QED) is 0.933. The molecule has 4 rings (SSSR count). The van der Waals surface area contributed by atoms with Crippen molar-refractivity contribution in [2.24, 2.45) is 0 Å². The number of carbonyl (C=O) groups excluding carboxylic acids is 1. The zero-order valence-corrected chi connectivity index (χ0v) is 13.6. The summed E-state index contributed by atoms with van der Waals surface area (Å²) in [5.74, 6) is 1.91. The molecule has 2 aromatic rings. The minimum Gasteiger partial charge on any atom is -0.454 e. The lowest BCUT2D eigenvalue weighted by Gasteiger charge is -2.18. The van der Waals surface area contributed by atoms with Crippen molar-refractivity contribution >= 4 is 5.91 Å². The molecule has 0 radical (unpaired) electrons. The van der Waals surface area contributed by atoms with Crippen molar-refractivity contribution in [1.82, 2.24) is 20.1 Å². The Morgan fingerprint density at radius 1 is 1.29 bits per heavy atom. The van der Waals surface area contributed by atoms with Gasteiger partial charge < -0.3 is 19.4 Å². The van der Waals surface area contributed by atoms with Crippen LogP contribution in [-0.4, -0.2) is 27.5 Å². The molecule has 1 aromatic carbocycles. The molecule has 0 bridgehead atoms. The molecule has 1 fully saturated rings. The van der Waals surface area contributed by atoms with Crippen molar-refractivity contribution in [2.45, 2.75) is 44.7 Å². The highest BCUT2D eigenvalue weighted by Gasteiger charge is 2.24. The number of aromatic nitrogens is 3. The van der Waals surface area contributed by atoms with E-state index in [-0.39, 0.29) is 18.7 Å². The Kier molecular flexibility index (Phi) is 3.84. The summed E-state index contributed by atoms with van der Waals surface area (Å²) < 4.78 is 12.7. The first kappa shape index (κ1) is 15.0. The highest BCUT2D eigenvalue weighted by Crippen LogP contribution is 2.33. The summed E-state index contributed by atoms with van der Waals surface area (Å²) in [6, 6.07) is 5.41. The van der Waals surface area contributed by atoms with Crippen molar-refractivity contribution < 1.29 is 14.3 Å². The molecule has 2 aliphatic rings. The van der Waals surface area contributed by atoms with Crippen LogP contribution in [0.3, 0.4) is 0 Å². The molecule has 1 N–H and O–H groups in total. The molecule has 1 saturated carbocycles. The summed E-state index contributed by atoms with van der Waals surface area (Å²) in [6.07, 6.45) is 6.54. The van der Waals surface area contributed by atoms with Crippen LogP contribution in [0.15, 0.2) is 24.5 Å². The number of carbonyl (C=O) groups is 1. The Morgan fingerprint density at radius 2 is 2.08 bits per heavy atom. The smallest absolute Gasteiger partial charge is 0.252 e. The minimum atomic E-state index is -0.217. The first-order chi connectivity index (χ1) is 11.7. The van der Waals surface area contributed by atoms with Crippen molar-refractivity contribution in [3.63, 3.8) is 0 Å². The van der Waals surface area contributed by atoms with Gasteiger partial charge in [0.2, 0.25) is 6.79 Å². The predicted molar refractivity (Wildman–Crippen MR) is 86.0 cm³/mol. The van der Waals surface area contributed by atoms with Gasteiger partial charge in [0.05, 0.1) is 6.04 Å². The van der Waals surface area contributed by atoms with E-state index in [0.717, 1.165) is 18.7 Å². The maximum Gasteiger partial charge on any atom is 0.252 e. The average Bonchev–Trinajstić information content (AvgIpc) is 3.32. The second-order valence-corrected chi connectivity index (χ2v) is 6.30. The first-order valence-corrected chi connectivity index (χ1v) is 8.32. The van der Waals surface area contributed by atoms with E-state index < -0.39 is 0 Å². The molecule has 126 valence electrons. The van der Waals surface area contributed by atoms with E-state index in [1.807, 2.05) is 6.92 Å². The van der Waals surface area contributed by atoms with Crippen LogP contribution in [0.1, 0.15) is 60.9 Å². The molecule has 0 spiro atoms. The molecule has 24 heavy (non-hydrogen) atoms. The number of nitrogens with zero attached hydrogens (tertiary/aromatic N) is 3. The van der Waals surface area contributed by atoms with E-state index >= 15 is 0 Å². The van der Waals surface area contributed by atoms with Gasteiger partial charge in [0.25, 0.3) is 5.91 Å². The third-order valence-electron chi connectivity index (χ3n) is 4.69. The summed E-state index contributed by atoms with van der Waals surface area (Å²) in [4.78, 5) is 12.5. The van der Waals surface area contributed by atoms with Gasteiger partial charge in [-0.2, -0.15) is 0 Å². The summed E-state index contributed by atoms with van der Waals surface area (Å²) in [5.41, 5.74) is 0.540. The van der Waals surface area contributed by atoms with Gasteiger partial charge in [-0.05, 0) is 38.0 Å². The standard InChI is InChI=1S/C17H20N4O3/c1-11(16-20-18-9-21(16)13-4-2-3-5-13)19-17(22)12-6-7-14-15(8-12)24-10-23-14/h6-9,11,13H,2-5,10H2,1H3,(H,19,22)/t11-/m0/s1. The van der Waals surface area contributed by atoms with Crippen LogP contribution in [0.5, 0.6) is 11.5 Å². The first-order valence-electron chi connectivity index (χ1n) is 8.32. The van der Waals surface area contributed by atoms with Crippen molar-refractivity contribution in [2.75, 3.05) is 6.79 Å². The molecule has 1 atom stereocenters. The van der Waals surface area contributed by atoms with Crippen LogP contribution in [-0.2, 0) is 0 Å². The number of amides is 1. The summed E-state index contributed by atoms with van der Waals surface area (Å²) in [6.45, 7) is 2.13. The Balaban J connectivity index is 1.49. The molecule has 0 saturated heterocycles. The van der Waals surface area contributed by atoms with Crippen LogP contribution in [0.4, 0.5) is 0 Å². The van der Waals surface area contributed by atoms with Gasteiger partial charge in [-0.15, -0.1) is 10.2 Å². The second-order valence-electron chi connectivity index (χ2n) is 6.30. The van der Waals surface area contributed by atoms with E-state index in [1.54, 1.807) is 24.5 Å². The maximum absolute atomic E-state index is 12.5. The van der Waals surface area contributed by atoms with Gasteiger partial charge in [0, 0.05) is 11.6 Å². The second kappa shape index (κ2) is 6.14. The molecule has 2 heterocycles. The topological polar surface area (TPSA) is 78.3 Å². The summed E-state index contributed by atoms with van der Waals surface area (Å²) in [5, 5.41) is 11.3. The largest absolute Gasteiger partial charge is 0.454 e. The molecular formula is C17H20N4O3. The normalized spacial score (nSPS) is 17.9. The van der Waals surface area contributed by atoms with Gasteiger partial charge in [-0.3, -0.25) is 4.79 Å². The number of benzene rings is 1. The summed E-state index contributed by atoms with van der Waals surface area (Å²) >= 11 is 0. The van der Waals surface area contributed by atoms with Crippen LogP contribution in [0.25, 0.3) is 0 Å². The van der Waals surface area contributed by atoms with Gasteiger partial charge in [-0.1, -0.05) is 12.8 Å². The molecular weight excluding hydrogens is 308 g/mol. The molecule has 1 amide bonds. The van der Waals surface area contributed by atoms with Gasteiger partial charge in [0.1, 0.15) is 6.33 Å². The third-order valence-corrected chi connectivity index (χ3v) is 4.69. The zero-order chi connectivity index (χ0) is 16.5. The van der Waals surface area contributed by atoms with Gasteiger partial charge in [0.15, 0.2) is 17.3 Å². The van der Waals surface area contributed by atoms with Gasteiger partial charge in [-0.25, -0.2) is 0 Å². The van der Waals surface area contributed by atoms with E-state index in [9.17, 15) is 4.79 Å². The molecule has 7 nitrogen and oxygen atoms in total. The number of nitrogens with one attached hydrogen (secondary N) is 1. The van der Waals surface area contributed by atoms with Crippen molar-refractivity contribution in [1.29, 1.82) is 0 Å². The fraction of sp³-hybridized carbons (Fsp3) is 0.471. The lowest BCUT2D eigenvalue weighted by Crippen LogP contribution is -2.29. The van der Waals surface area contributed by atoms with Crippen LogP contribution >= 0.6 is 0 Å². The Hall–Kier alpha value is -2.57. The fourth-order valence-corrected chi connectivity index (χ4v) is 3.41. The van der Waals surface area contributed by atoms with E-state index in [1.165, 1.54) is 12.8 Å². The predicted octanol–water partition coefficient (Wildman–Crippen LogP) is 2.61.